The lowest BCUT2D eigenvalue weighted by Crippen LogP contribution is -2.23. The average Bonchev–Trinajstić information content (AvgIpc) is 3.07. The minimum atomic E-state index is -0.0572. The van der Waals surface area contributed by atoms with Crippen LogP contribution in [0.3, 0.4) is 0 Å². The summed E-state index contributed by atoms with van der Waals surface area (Å²) in [6.45, 7) is 5.70. The van der Waals surface area contributed by atoms with E-state index in [2.05, 4.69) is 17.6 Å². The maximum Gasteiger partial charge on any atom is 0.251 e. The van der Waals surface area contributed by atoms with Crippen molar-refractivity contribution in [2.75, 3.05) is 24.1 Å². The molecular formula is C14H21N3O. The van der Waals surface area contributed by atoms with Gasteiger partial charge in [0.1, 0.15) is 0 Å². The Hall–Kier alpha value is -1.71. The zero-order chi connectivity index (χ0) is 13.2. The highest BCUT2D eigenvalue weighted by Crippen LogP contribution is 2.45. The summed E-state index contributed by atoms with van der Waals surface area (Å²) >= 11 is 0. The summed E-state index contributed by atoms with van der Waals surface area (Å²) in [5.74, 6) is -0.0572. The summed E-state index contributed by atoms with van der Waals surface area (Å²) in [5, 5.41) is 6.13. The standard InChI is InChI=1S/C14H21N3O/c1-3-16-13(18)10-4-5-11(15)12(8-10)17-9-14(2)6-7-14/h4-5,8,17H,3,6-7,9,15H2,1-2H3,(H,16,18). The number of nitrogens with two attached hydrogens (primary N) is 1. The second-order valence-corrected chi connectivity index (χ2v) is 5.33. The molecule has 1 aliphatic carbocycles. The fraction of sp³-hybridized carbons (Fsp3) is 0.500. The number of carbonyl (C=O) groups is 1. The highest BCUT2D eigenvalue weighted by Gasteiger charge is 2.36. The molecule has 4 nitrogen and oxygen atoms in total. The molecule has 0 bridgehead atoms. The highest BCUT2D eigenvalue weighted by atomic mass is 16.1. The molecular weight excluding hydrogens is 226 g/mol. The van der Waals surface area contributed by atoms with Crippen LogP contribution in [0, 0.1) is 5.41 Å². The van der Waals surface area contributed by atoms with Crippen LogP contribution in [-0.2, 0) is 0 Å². The summed E-state index contributed by atoms with van der Waals surface area (Å²) in [6.07, 6.45) is 2.52. The van der Waals surface area contributed by atoms with Gasteiger partial charge in [0.25, 0.3) is 5.91 Å². The van der Waals surface area contributed by atoms with Crippen molar-refractivity contribution in [1.29, 1.82) is 0 Å². The Kier molecular flexibility index (Phi) is 3.45. The number of anilines is 2. The van der Waals surface area contributed by atoms with Gasteiger partial charge >= 0.3 is 0 Å². The van der Waals surface area contributed by atoms with Crippen LogP contribution in [0.4, 0.5) is 11.4 Å². The van der Waals surface area contributed by atoms with E-state index in [9.17, 15) is 4.79 Å². The van der Waals surface area contributed by atoms with Crippen LogP contribution >= 0.6 is 0 Å². The van der Waals surface area contributed by atoms with Gasteiger partial charge in [0.15, 0.2) is 0 Å². The second-order valence-electron chi connectivity index (χ2n) is 5.33. The van der Waals surface area contributed by atoms with Gasteiger partial charge in [0.2, 0.25) is 0 Å². The Labute approximate surface area is 108 Å². The maximum absolute atomic E-state index is 11.7. The minimum absolute atomic E-state index is 0.0572. The van der Waals surface area contributed by atoms with Crippen LogP contribution in [0.1, 0.15) is 37.0 Å². The van der Waals surface area contributed by atoms with E-state index in [1.165, 1.54) is 12.8 Å². The average molecular weight is 247 g/mol. The van der Waals surface area contributed by atoms with Gasteiger partial charge in [-0.3, -0.25) is 4.79 Å². The fourth-order valence-corrected chi connectivity index (χ4v) is 1.81. The molecule has 1 fully saturated rings. The highest BCUT2D eigenvalue weighted by molar-refractivity contribution is 5.96. The predicted octanol–water partition coefficient (Wildman–Crippen LogP) is 2.23. The molecule has 4 N–H and O–H groups in total. The Morgan fingerprint density at radius 1 is 1.44 bits per heavy atom. The molecule has 1 saturated carbocycles. The summed E-state index contributed by atoms with van der Waals surface area (Å²) < 4.78 is 0. The zero-order valence-electron chi connectivity index (χ0n) is 11.0. The summed E-state index contributed by atoms with van der Waals surface area (Å²) in [7, 11) is 0. The quantitative estimate of drug-likeness (QED) is 0.699. The van der Waals surface area contributed by atoms with Gasteiger partial charge in [0.05, 0.1) is 11.4 Å². The first kappa shape index (κ1) is 12.7. The molecule has 0 radical (unpaired) electrons. The molecule has 0 spiro atoms. The number of hydrogen-bond donors (Lipinski definition) is 3. The monoisotopic (exact) mass is 247 g/mol. The van der Waals surface area contributed by atoms with Gasteiger partial charge in [-0.1, -0.05) is 6.92 Å². The number of benzene rings is 1. The van der Waals surface area contributed by atoms with Crippen molar-refractivity contribution in [1.82, 2.24) is 5.32 Å². The fourth-order valence-electron chi connectivity index (χ4n) is 1.81. The number of hydrogen-bond acceptors (Lipinski definition) is 3. The number of nitrogens with one attached hydrogen (secondary N) is 2. The Morgan fingerprint density at radius 3 is 2.78 bits per heavy atom. The minimum Gasteiger partial charge on any atom is -0.397 e. The van der Waals surface area contributed by atoms with Crippen molar-refractivity contribution < 1.29 is 4.79 Å². The third-order valence-electron chi connectivity index (χ3n) is 3.46. The van der Waals surface area contributed by atoms with E-state index in [0.29, 0.717) is 23.2 Å². The Bertz CT molecular complexity index is 452. The first-order chi connectivity index (χ1) is 8.54. The summed E-state index contributed by atoms with van der Waals surface area (Å²) in [5.41, 5.74) is 8.52. The largest absolute Gasteiger partial charge is 0.397 e. The molecule has 0 atom stereocenters. The molecule has 1 aromatic rings. The Morgan fingerprint density at radius 2 is 2.17 bits per heavy atom. The van der Waals surface area contributed by atoms with Crippen LogP contribution in [0.25, 0.3) is 0 Å². The lowest BCUT2D eigenvalue weighted by molar-refractivity contribution is 0.0956. The molecule has 4 heteroatoms. The molecule has 1 amide bonds. The van der Waals surface area contributed by atoms with Gasteiger partial charge in [-0.25, -0.2) is 0 Å². The Balaban J connectivity index is 2.08. The van der Waals surface area contributed by atoms with Gasteiger partial charge in [-0.15, -0.1) is 0 Å². The molecule has 1 aromatic carbocycles. The molecule has 0 heterocycles. The van der Waals surface area contributed by atoms with Crippen LogP contribution in [-0.4, -0.2) is 19.0 Å². The van der Waals surface area contributed by atoms with Crippen molar-refractivity contribution in [3.05, 3.63) is 23.8 Å². The lowest BCUT2D eigenvalue weighted by Gasteiger charge is -2.14. The topological polar surface area (TPSA) is 67.2 Å². The molecule has 18 heavy (non-hydrogen) atoms. The molecule has 1 aliphatic rings. The van der Waals surface area contributed by atoms with Crippen LogP contribution in [0.2, 0.25) is 0 Å². The first-order valence-electron chi connectivity index (χ1n) is 6.46. The molecule has 98 valence electrons. The smallest absolute Gasteiger partial charge is 0.251 e. The summed E-state index contributed by atoms with van der Waals surface area (Å²) in [4.78, 5) is 11.7. The SMILES string of the molecule is CCNC(=O)c1ccc(N)c(NCC2(C)CC2)c1. The van der Waals surface area contributed by atoms with E-state index < -0.39 is 0 Å². The van der Waals surface area contributed by atoms with E-state index in [4.69, 9.17) is 5.73 Å². The van der Waals surface area contributed by atoms with E-state index in [1.807, 2.05) is 13.0 Å². The number of nitrogen functional groups attached to an aromatic ring is 1. The van der Waals surface area contributed by atoms with Crippen molar-refractivity contribution in [2.24, 2.45) is 5.41 Å². The molecule has 0 aromatic heterocycles. The molecule has 0 aliphatic heterocycles. The van der Waals surface area contributed by atoms with Gasteiger partial charge in [-0.2, -0.15) is 0 Å². The maximum atomic E-state index is 11.7. The van der Waals surface area contributed by atoms with Gasteiger partial charge < -0.3 is 16.4 Å². The van der Waals surface area contributed by atoms with E-state index in [0.717, 1.165) is 12.2 Å². The van der Waals surface area contributed by atoms with Crippen molar-refractivity contribution in [2.45, 2.75) is 26.7 Å². The van der Waals surface area contributed by atoms with Crippen LogP contribution in [0.15, 0.2) is 18.2 Å². The normalized spacial score (nSPS) is 16.1. The second kappa shape index (κ2) is 4.88. The molecule has 2 rings (SSSR count). The van der Waals surface area contributed by atoms with E-state index in [-0.39, 0.29) is 5.91 Å². The number of rotatable bonds is 5. The third kappa shape index (κ3) is 2.94. The predicted molar refractivity (Wildman–Crippen MR) is 74.7 cm³/mol. The van der Waals surface area contributed by atoms with E-state index >= 15 is 0 Å². The number of amides is 1. The first-order valence-corrected chi connectivity index (χ1v) is 6.46. The lowest BCUT2D eigenvalue weighted by atomic mass is 10.1. The van der Waals surface area contributed by atoms with Crippen molar-refractivity contribution >= 4 is 17.3 Å². The van der Waals surface area contributed by atoms with Crippen molar-refractivity contribution in [3.63, 3.8) is 0 Å². The van der Waals surface area contributed by atoms with E-state index in [1.54, 1.807) is 12.1 Å². The number of carbonyl (C=O) groups excluding carboxylic acids is 1. The molecule has 0 unspecified atom stereocenters. The van der Waals surface area contributed by atoms with Crippen LogP contribution in [0.5, 0.6) is 0 Å². The van der Waals surface area contributed by atoms with Gasteiger partial charge in [0, 0.05) is 18.7 Å². The summed E-state index contributed by atoms with van der Waals surface area (Å²) in [6, 6.07) is 5.36. The third-order valence-corrected chi connectivity index (χ3v) is 3.46. The van der Waals surface area contributed by atoms with Crippen molar-refractivity contribution in [3.8, 4) is 0 Å². The molecule has 0 saturated heterocycles. The van der Waals surface area contributed by atoms with Gasteiger partial charge in [-0.05, 0) is 43.4 Å². The van der Waals surface area contributed by atoms with Crippen LogP contribution < -0.4 is 16.4 Å². The zero-order valence-corrected chi connectivity index (χ0v) is 11.0.